The molecule has 0 fully saturated rings. The number of hydrogen-bond donors (Lipinski definition) is 0. The van der Waals surface area contributed by atoms with Gasteiger partial charge in [0.2, 0.25) is 5.39 Å². The van der Waals surface area contributed by atoms with Gasteiger partial charge in [0.25, 0.3) is 0 Å². The molecule has 148 valence electrons. The Balaban J connectivity index is 0.00000110. The molecule has 0 saturated heterocycles. The van der Waals surface area contributed by atoms with E-state index in [9.17, 15) is 56.8 Å². The lowest BCUT2D eigenvalue weighted by molar-refractivity contribution is -0.389. The summed E-state index contributed by atoms with van der Waals surface area (Å²) < 4.78 is 153. The second-order valence-corrected chi connectivity index (χ2v) is 4.37. The van der Waals surface area contributed by atoms with Gasteiger partial charge >= 0.3 is 36.9 Å². The van der Waals surface area contributed by atoms with Crippen LogP contribution in [0.5, 0.6) is 0 Å². The van der Waals surface area contributed by atoms with Gasteiger partial charge in [-0.05, 0) is 12.1 Å². The van der Waals surface area contributed by atoms with Gasteiger partial charge in [0.15, 0.2) is 4.98 Å². The van der Waals surface area contributed by atoms with Gasteiger partial charge < -0.3 is 17.3 Å². The number of benzene rings is 1. The van der Waals surface area contributed by atoms with Crippen LogP contribution in [0, 0.1) is 5.39 Å². The van der Waals surface area contributed by atoms with Crippen molar-refractivity contribution in [2.24, 2.45) is 0 Å². The fraction of sp³-hybridized carbons (Fsp3) is 0.400. The van der Waals surface area contributed by atoms with E-state index in [0.717, 1.165) is 0 Å². The van der Waals surface area contributed by atoms with Crippen molar-refractivity contribution in [1.82, 2.24) is 0 Å². The number of nitrogens with zero attached hydrogens (tertiary/aromatic N) is 2. The standard InChI is InChI=1S/C10H4F9N2.BF4/c11-7(9(14,15)16,8(12,13)10(17,18)19)5-1-3-6(21-20)4-2-5;2-1(3,4)5/h1-4H;/q+1;-1. The summed E-state index contributed by atoms with van der Waals surface area (Å²) in [5.74, 6) is -6.71. The molecule has 0 aromatic heterocycles. The Kier molecular flexibility index (Phi) is 6.58. The molecule has 16 heteroatoms. The zero-order chi connectivity index (χ0) is 21.2. The Labute approximate surface area is 135 Å². The number of halogens is 13. The second kappa shape index (κ2) is 7.19. The largest absolute Gasteiger partial charge is 0.673 e. The second-order valence-electron chi connectivity index (χ2n) is 4.37. The number of rotatable bonds is 2. The molecule has 26 heavy (non-hydrogen) atoms. The van der Waals surface area contributed by atoms with Crippen LogP contribution in [0.1, 0.15) is 5.56 Å². The Hall–Kier alpha value is -2.21. The minimum absolute atomic E-state index is 0.0300. The molecule has 0 saturated carbocycles. The van der Waals surface area contributed by atoms with E-state index in [1.165, 1.54) is 0 Å². The monoisotopic (exact) mass is 410 g/mol. The first-order chi connectivity index (χ1) is 11.3. The maximum Gasteiger partial charge on any atom is 0.673 e. The van der Waals surface area contributed by atoms with Crippen molar-refractivity contribution in [3.8, 4) is 0 Å². The molecule has 0 heterocycles. The number of diazo groups is 1. The average Bonchev–Trinajstić information content (AvgIpc) is 2.42. The van der Waals surface area contributed by atoms with Gasteiger partial charge in [-0.3, -0.25) is 0 Å². The van der Waals surface area contributed by atoms with E-state index < -0.39 is 42.4 Å². The molecule has 0 spiro atoms. The minimum atomic E-state index is -6.77. The van der Waals surface area contributed by atoms with Crippen molar-refractivity contribution in [2.45, 2.75) is 23.9 Å². The quantitative estimate of drug-likeness (QED) is 0.315. The summed E-state index contributed by atoms with van der Waals surface area (Å²) in [5.41, 5.74) is -8.41. The summed E-state index contributed by atoms with van der Waals surface area (Å²) in [6, 6.07) is 0.952. The lowest BCUT2D eigenvalue weighted by Crippen LogP contribution is -2.59. The minimum Gasteiger partial charge on any atom is -0.418 e. The van der Waals surface area contributed by atoms with Crippen molar-refractivity contribution in [3.05, 3.63) is 34.8 Å². The van der Waals surface area contributed by atoms with Crippen molar-refractivity contribution < 1.29 is 56.8 Å². The molecule has 1 rings (SSSR count). The van der Waals surface area contributed by atoms with Gasteiger partial charge in [0, 0.05) is 17.7 Å². The lowest BCUT2D eigenvalue weighted by Gasteiger charge is -2.35. The van der Waals surface area contributed by atoms with Gasteiger partial charge in [-0.25, -0.2) is 4.39 Å². The van der Waals surface area contributed by atoms with Gasteiger partial charge in [-0.15, -0.1) is 0 Å². The van der Waals surface area contributed by atoms with Crippen LogP contribution in [-0.4, -0.2) is 25.5 Å². The van der Waals surface area contributed by atoms with Crippen LogP contribution in [0.4, 0.5) is 62.5 Å². The zero-order valence-corrected chi connectivity index (χ0v) is 11.7. The molecule has 1 aromatic rings. The third-order valence-corrected chi connectivity index (χ3v) is 2.56. The fourth-order valence-corrected chi connectivity index (χ4v) is 1.48. The molecule has 1 aromatic carbocycles. The molecule has 0 amide bonds. The number of alkyl halides is 9. The molecule has 2 nitrogen and oxygen atoms in total. The highest BCUT2D eigenvalue weighted by atomic mass is 19.5. The number of hydrogen-bond acceptors (Lipinski definition) is 1. The summed E-state index contributed by atoms with van der Waals surface area (Å²) in [7, 11) is -6.00. The molecule has 0 aliphatic rings. The first-order valence-electron chi connectivity index (χ1n) is 5.82. The Morgan fingerprint density at radius 3 is 1.27 bits per heavy atom. The van der Waals surface area contributed by atoms with Crippen molar-refractivity contribution in [3.63, 3.8) is 0 Å². The Bertz CT molecular complexity index is 633. The first-order valence-corrected chi connectivity index (χ1v) is 5.82. The summed E-state index contributed by atoms with van der Waals surface area (Å²) in [4.78, 5) is 2.45. The SMILES string of the molecule is F[B-](F)(F)F.N#[N+]c1ccc(C(F)(C(F)(F)F)C(F)(F)C(F)(F)F)cc1. The van der Waals surface area contributed by atoms with Crippen molar-refractivity contribution >= 4 is 12.9 Å². The molecule has 0 radical (unpaired) electrons. The predicted octanol–water partition coefficient (Wildman–Crippen LogP) is 6.40. The Morgan fingerprint density at radius 1 is 0.692 bits per heavy atom. The van der Waals surface area contributed by atoms with E-state index in [1.54, 1.807) is 0 Å². The van der Waals surface area contributed by atoms with E-state index >= 15 is 0 Å². The molecule has 1 unspecified atom stereocenters. The summed E-state index contributed by atoms with van der Waals surface area (Å²) in [6.45, 7) is 0. The Morgan fingerprint density at radius 2 is 1.04 bits per heavy atom. The molecular weight excluding hydrogens is 406 g/mol. The van der Waals surface area contributed by atoms with E-state index in [1.807, 2.05) is 0 Å². The summed E-state index contributed by atoms with van der Waals surface area (Å²) in [6.07, 6.45) is -13.3. The third kappa shape index (κ3) is 5.15. The van der Waals surface area contributed by atoms with Crippen molar-refractivity contribution in [2.75, 3.05) is 0 Å². The zero-order valence-electron chi connectivity index (χ0n) is 11.7. The highest BCUT2D eigenvalue weighted by Crippen LogP contribution is 2.58. The average molecular weight is 410 g/mol. The van der Waals surface area contributed by atoms with Crippen LogP contribution in [0.3, 0.4) is 0 Å². The predicted molar refractivity (Wildman–Crippen MR) is 61.2 cm³/mol. The normalized spacial score (nSPS) is 15.4. The smallest absolute Gasteiger partial charge is 0.418 e. The molecule has 0 bridgehead atoms. The highest BCUT2D eigenvalue weighted by molar-refractivity contribution is 6.50. The van der Waals surface area contributed by atoms with Gasteiger partial charge in [-0.2, -0.15) is 35.1 Å². The lowest BCUT2D eigenvalue weighted by atomic mass is 9.87. The highest BCUT2D eigenvalue weighted by Gasteiger charge is 2.81. The first kappa shape index (κ1) is 23.8. The molecule has 1 atom stereocenters. The molecule has 0 aliphatic carbocycles. The topological polar surface area (TPSA) is 28.1 Å². The molecule has 0 aliphatic heterocycles. The van der Waals surface area contributed by atoms with Crippen LogP contribution in [0.15, 0.2) is 24.3 Å². The molecular formula is C10H4BF13N2. The van der Waals surface area contributed by atoms with Crippen LogP contribution in [-0.2, 0) is 5.67 Å². The molecule has 0 N–H and O–H groups in total. The van der Waals surface area contributed by atoms with Crippen LogP contribution < -0.4 is 0 Å². The van der Waals surface area contributed by atoms with Gasteiger partial charge in [0.05, 0.1) is 0 Å². The van der Waals surface area contributed by atoms with E-state index in [-0.39, 0.29) is 12.1 Å². The van der Waals surface area contributed by atoms with E-state index in [2.05, 4.69) is 4.98 Å². The van der Waals surface area contributed by atoms with Crippen LogP contribution >= 0.6 is 0 Å². The summed E-state index contributed by atoms with van der Waals surface area (Å²) in [5, 5.41) is 8.26. The van der Waals surface area contributed by atoms with Gasteiger partial charge in [-0.1, -0.05) is 0 Å². The van der Waals surface area contributed by atoms with Crippen LogP contribution in [0.25, 0.3) is 4.98 Å². The maximum absolute atomic E-state index is 13.9. The van der Waals surface area contributed by atoms with Gasteiger partial charge in [0.1, 0.15) is 0 Å². The third-order valence-electron chi connectivity index (χ3n) is 2.56. The maximum atomic E-state index is 13.9. The fourth-order valence-electron chi connectivity index (χ4n) is 1.48. The summed E-state index contributed by atoms with van der Waals surface area (Å²) >= 11 is 0. The van der Waals surface area contributed by atoms with Crippen LogP contribution in [0.2, 0.25) is 0 Å². The van der Waals surface area contributed by atoms with E-state index in [0.29, 0.717) is 12.1 Å². The van der Waals surface area contributed by atoms with Crippen molar-refractivity contribution in [1.29, 1.82) is 5.39 Å². The van der Waals surface area contributed by atoms with E-state index in [4.69, 9.17) is 5.39 Å².